The van der Waals surface area contributed by atoms with E-state index in [0.29, 0.717) is 27.1 Å². The molecule has 4 nitrogen and oxygen atoms in total. The van der Waals surface area contributed by atoms with E-state index in [9.17, 15) is 4.79 Å². The molecule has 0 saturated carbocycles. The predicted molar refractivity (Wildman–Crippen MR) is 98.4 cm³/mol. The van der Waals surface area contributed by atoms with E-state index in [2.05, 4.69) is 10.3 Å². The van der Waals surface area contributed by atoms with Gasteiger partial charge in [0.2, 0.25) is 0 Å². The highest BCUT2D eigenvalue weighted by atomic mass is 35.5. The van der Waals surface area contributed by atoms with Gasteiger partial charge in [-0.1, -0.05) is 42.1 Å². The minimum atomic E-state index is 0.0525. The van der Waals surface area contributed by atoms with Gasteiger partial charge in [-0.2, -0.15) is 0 Å². The quantitative estimate of drug-likeness (QED) is 0.819. The zero-order valence-corrected chi connectivity index (χ0v) is 14.8. The van der Waals surface area contributed by atoms with Crippen molar-refractivity contribution in [3.05, 3.63) is 52.1 Å². The Balaban J connectivity index is 1.71. The van der Waals surface area contributed by atoms with Crippen molar-refractivity contribution < 1.29 is 4.79 Å². The molecule has 2 aromatic rings. The maximum Gasteiger partial charge on any atom is 0.255 e. The molecule has 1 N–H and O–H groups in total. The third-order valence-corrected chi connectivity index (χ3v) is 4.94. The van der Waals surface area contributed by atoms with Gasteiger partial charge in [0.15, 0.2) is 0 Å². The van der Waals surface area contributed by atoms with Crippen LogP contribution in [0.4, 0.5) is 11.5 Å². The molecule has 1 aromatic carbocycles. The van der Waals surface area contributed by atoms with Crippen molar-refractivity contribution in [3.8, 4) is 0 Å². The molecular formula is C18H19Cl2N3O. The maximum atomic E-state index is 12.5. The standard InChI is InChI=1S/C18H19Cl2N3O/c19-14-6-5-7-15(17(14)20)22-16-9-8-13(12-21-16)18(24)23-10-3-1-2-4-11-23/h5-9,12H,1-4,10-11H2,(H,21,22). The molecule has 126 valence electrons. The Morgan fingerprint density at radius 1 is 1.04 bits per heavy atom. The van der Waals surface area contributed by atoms with E-state index in [4.69, 9.17) is 23.2 Å². The van der Waals surface area contributed by atoms with E-state index < -0.39 is 0 Å². The molecule has 2 heterocycles. The van der Waals surface area contributed by atoms with Gasteiger partial charge in [-0.25, -0.2) is 4.98 Å². The van der Waals surface area contributed by atoms with Crippen molar-refractivity contribution in [2.45, 2.75) is 25.7 Å². The monoisotopic (exact) mass is 363 g/mol. The van der Waals surface area contributed by atoms with E-state index in [-0.39, 0.29) is 5.91 Å². The topological polar surface area (TPSA) is 45.2 Å². The number of nitrogens with zero attached hydrogens (tertiary/aromatic N) is 2. The molecule has 0 spiro atoms. The van der Waals surface area contributed by atoms with Crippen molar-refractivity contribution in [1.82, 2.24) is 9.88 Å². The molecule has 6 heteroatoms. The lowest BCUT2D eigenvalue weighted by Gasteiger charge is -2.20. The summed E-state index contributed by atoms with van der Waals surface area (Å²) in [5.74, 6) is 0.670. The first-order valence-corrected chi connectivity index (χ1v) is 8.87. The van der Waals surface area contributed by atoms with Crippen LogP contribution in [0.15, 0.2) is 36.5 Å². The van der Waals surface area contributed by atoms with Crippen LogP contribution in [0.5, 0.6) is 0 Å². The Hall–Kier alpha value is -1.78. The molecule has 3 rings (SSSR count). The van der Waals surface area contributed by atoms with Gasteiger partial charge in [-0.15, -0.1) is 0 Å². The normalized spacial score (nSPS) is 15.0. The number of likely N-dealkylation sites (tertiary alicyclic amines) is 1. The van der Waals surface area contributed by atoms with E-state index in [1.165, 1.54) is 12.8 Å². The van der Waals surface area contributed by atoms with Crippen LogP contribution in [0.25, 0.3) is 0 Å². The Labute approximate surface area is 151 Å². The maximum absolute atomic E-state index is 12.5. The lowest BCUT2D eigenvalue weighted by Crippen LogP contribution is -2.31. The number of hydrogen-bond donors (Lipinski definition) is 1. The Morgan fingerprint density at radius 2 is 1.79 bits per heavy atom. The SMILES string of the molecule is O=C(c1ccc(Nc2cccc(Cl)c2Cl)nc1)N1CCCCCC1. The highest BCUT2D eigenvalue weighted by molar-refractivity contribution is 6.43. The van der Waals surface area contributed by atoms with Crippen molar-refractivity contribution in [3.63, 3.8) is 0 Å². The number of hydrogen-bond acceptors (Lipinski definition) is 3. The summed E-state index contributed by atoms with van der Waals surface area (Å²) >= 11 is 12.2. The van der Waals surface area contributed by atoms with E-state index in [0.717, 1.165) is 25.9 Å². The van der Waals surface area contributed by atoms with Gasteiger partial charge in [-0.05, 0) is 37.1 Å². The number of aromatic nitrogens is 1. The fourth-order valence-electron chi connectivity index (χ4n) is 2.79. The number of carbonyl (C=O) groups is 1. The summed E-state index contributed by atoms with van der Waals surface area (Å²) in [6, 6.07) is 8.94. The Bertz CT molecular complexity index is 711. The lowest BCUT2D eigenvalue weighted by atomic mass is 10.2. The second-order valence-corrected chi connectivity index (χ2v) is 6.65. The highest BCUT2D eigenvalue weighted by Gasteiger charge is 2.17. The van der Waals surface area contributed by atoms with Crippen LogP contribution in [0.3, 0.4) is 0 Å². The molecule has 0 aliphatic carbocycles. The van der Waals surface area contributed by atoms with E-state index >= 15 is 0 Å². The molecule has 1 aromatic heterocycles. The first-order chi connectivity index (χ1) is 11.6. The summed E-state index contributed by atoms with van der Waals surface area (Å²) in [7, 11) is 0. The van der Waals surface area contributed by atoms with Crippen LogP contribution in [-0.4, -0.2) is 28.9 Å². The number of halogens is 2. The van der Waals surface area contributed by atoms with Crippen molar-refractivity contribution in [2.24, 2.45) is 0 Å². The Kier molecular flexibility index (Phi) is 5.59. The van der Waals surface area contributed by atoms with Crippen molar-refractivity contribution >= 4 is 40.6 Å². The predicted octanol–water partition coefficient (Wildman–Crippen LogP) is 5.15. The molecule has 1 aliphatic rings. The summed E-state index contributed by atoms with van der Waals surface area (Å²) in [6.45, 7) is 1.66. The number of pyridine rings is 1. The fraction of sp³-hybridized carbons (Fsp3) is 0.333. The highest BCUT2D eigenvalue weighted by Crippen LogP contribution is 2.31. The molecule has 0 atom stereocenters. The average molecular weight is 364 g/mol. The van der Waals surface area contributed by atoms with Crippen LogP contribution in [0.1, 0.15) is 36.0 Å². The first-order valence-electron chi connectivity index (χ1n) is 8.11. The van der Waals surface area contributed by atoms with Crippen molar-refractivity contribution in [2.75, 3.05) is 18.4 Å². The molecule has 1 saturated heterocycles. The minimum absolute atomic E-state index is 0.0525. The van der Waals surface area contributed by atoms with Gasteiger partial charge in [0.25, 0.3) is 5.91 Å². The van der Waals surface area contributed by atoms with Gasteiger partial charge >= 0.3 is 0 Å². The number of rotatable bonds is 3. The van der Waals surface area contributed by atoms with Gasteiger partial charge in [0.05, 0.1) is 21.3 Å². The van der Waals surface area contributed by atoms with E-state index in [1.807, 2.05) is 17.0 Å². The second kappa shape index (κ2) is 7.86. The second-order valence-electron chi connectivity index (χ2n) is 5.86. The van der Waals surface area contributed by atoms with Gasteiger partial charge in [0, 0.05) is 19.3 Å². The summed E-state index contributed by atoms with van der Waals surface area (Å²) in [5, 5.41) is 4.05. The Morgan fingerprint density at radius 3 is 2.46 bits per heavy atom. The molecule has 1 amide bonds. The van der Waals surface area contributed by atoms with Crippen LogP contribution >= 0.6 is 23.2 Å². The van der Waals surface area contributed by atoms with Crippen LogP contribution in [0.2, 0.25) is 10.0 Å². The fourth-order valence-corrected chi connectivity index (χ4v) is 3.14. The summed E-state index contributed by atoms with van der Waals surface area (Å²) in [4.78, 5) is 18.8. The molecule has 0 unspecified atom stereocenters. The number of anilines is 2. The van der Waals surface area contributed by atoms with Gasteiger partial charge in [-0.3, -0.25) is 4.79 Å². The molecule has 1 fully saturated rings. The molecule has 0 radical (unpaired) electrons. The molecule has 24 heavy (non-hydrogen) atoms. The summed E-state index contributed by atoms with van der Waals surface area (Å²) in [6.07, 6.45) is 6.16. The number of nitrogens with one attached hydrogen (secondary N) is 1. The van der Waals surface area contributed by atoms with Gasteiger partial charge < -0.3 is 10.2 Å². The molecular weight excluding hydrogens is 345 g/mol. The molecule has 1 aliphatic heterocycles. The average Bonchev–Trinajstić information content (AvgIpc) is 2.88. The third-order valence-electron chi connectivity index (χ3n) is 4.12. The minimum Gasteiger partial charge on any atom is -0.339 e. The van der Waals surface area contributed by atoms with Crippen LogP contribution in [0, 0.1) is 0 Å². The van der Waals surface area contributed by atoms with Crippen molar-refractivity contribution in [1.29, 1.82) is 0 Å². The zero-order chi connectivity index (χ0) is 16.9. The van der Waals surface area contributed by atoms with Crippen LogP contribution in [-0.2, 0) is 0 Å². The number of amides is 1. The third kappa shape index (κ3) is 4.00. The zero-order valence-electron chi connectivity index (χ0n) is 13.3. The summed E-state index contributed by atoms with van der Waals surface area (Å²) in [5.41, 5.74) is 1.29. The largest absolute Gasteiger partial charge is 0.339 e. The lowest BCUT2D eigenvalue weighted by molar-refractivity contribution is 0.0761. The first kappa shape index (κ1) is 17.1. The number of carbonyl (C=O) groups excluding carboxylic acids is 1. The smallest absolute Gasteiger partial charge is 0.255 e. The van der Waals surface area contributed by atoms with E-state index in [1.54, 1.807) is 24.4 Å². The number of benzene rings is 1. The molecule has 0 bridgehead atoms. The van der Waals surface area contributed by atoms with Crippen LogP contribution < -0.4 is 5.32 Å². The summed E-state index contributed by atoms with van der Waals surface area (Å²) < 4.78 is 0. The van der Waals surface area contributed by atoms with Gasteiger partial charge in [0.1, 0.15) is 5.82 Å².